The predicted molar refractivity (Wildman–Crippen MR) is 118 cm³/mol. The number of carbonyl (C=O) groups is 1. The van der Waals surface area contributed by atoms with E-state index in [-0.39, 0.29) is 23.6 Å². The molecule has 2 unspecified atom stereocenters. The van der Waals surface area contributed by atoms with Crippen molar-refractivity contribution in [2.24, 2.45) is 0 Å². The zero-order valence-electron chi connectivity index (χ0n) is 16.8. The van der Waals surface area contributed by atoms with E-state index >= 15 is 0 Å². The van der Waals surface area contributed by atoms with Crippen LogP contribution in [0.2, 0.25) is 0 Å². The number of Topliss-reactive ketones (excluding diaryl/α,β-unsaturated/α-hetero) is 1. The molecule has 0 saturated carbocycles. The highest BCUT2D eigenvalue weighted by Gasteiger charge is 2.36. The van der Waals surface area contributed by atoms with Gasteiger partial charge in [0.1, 0.15) is 5.82 Å². The number of rotatable bonds is 2. The van der Waals surface area contributed by atoms with E-state index in [0.717, 1.165) is 39.3 Å². The molecule has 3 aromatic rings. The van der Waals surface area contributed by atoms with Gasteiger partial charge in [0.25, 0.3) is 0 Å². The Bertz CT molecular complexity index is 1150. The van der Waals surface area contributed by atoms with E-state index in [2.05, 4.69) is 29.7 Å². The number of aryl methyl sites for hydroxylation is 1. The molecule has 3 nitrogen and oxygen atoms in total. The minimum absolute atomic E-state index is 0.0344. The highest BCUT2D eigenvalue weighted by Crippen LogP contribution is 2.44. The van der Waals surface area contributed by atoms with Gasteiger partial charge in [0.2, 0.25) is 0 Å². The first-order valence-electron chi connectivity index (χ1n) is 10.3. The van der Waals surface area contributed by atoms with Crippen LogP contribution in [0, 0.1) is 12.7 Å². The third-order valence-corrected chi connectivity index (χ3v) is 6.15. The Morgan fingerprint density at radius 2 is 1.57 bits per heavy atom. The van der Waals surface area contributed by atoms with Gasteiger partial charge < -0.3 is 10.6 Å². The molecule has 1 aliphatic heterocycles. The second-order valence-electron chi connectivity index (χ2n) is 8.08. The quantitative estimate of drug-likeness (QED) is 0.547. The number of para-hydroxylation sites is 2. The van der Waals surface area contributed by atoms with Crippen molar-refractivity contribution < 1.29 is 9.18 Å². The molecular weight excluding hydrogens is 375 g/mol. The monoisotopic (exact) mass is 398 g/mol. The summed E-state index contributed by atoms with van der Waals surface area (Å²) in [6.45, 7) is 2.08. The number of hydrogen-bond donors (Lipinski definition) is 2. The van der Waals surface area contributed by atoms with Gasteiger partial charge in [0.05, 0.1) is 17.4 Å². The lowest BCUT2D eigenvalue weighted by Gasteiger charge is -2.30. The molecule has 0 saturated heterocycles. The van der Waals surface area contributed by atoms with Crippen LogP contribution in [0.5, 0.6) is 0 Å². The summed E-state index contributed by atoms with van der Waals surface area (Å²) >= 11 is 0. The second kappa shape index (κ2) is 7.45. The maximum atomic E-state index is 13.5. The second-order valence-corrected chi connectivity index (χ2v) is 8.08. The van der Waals surface area contributed by atoms with Crippen LogP contribution < -0.4 is 10.6 Å². The van der Waals surface area contributed by atoms with Crippen LogP contribution >= 0.6 is 0 Å². The molecule has 1 heterocycles. The average Bonchev–Trinajstić information content (AvgIpc) is 2.91. The summed E-state index contributed by atoms with van der Waals surface area (Å²) in [6.07, 6.45) is 1.14. The van der Waals surface area contributed by atoms with Crippen molar-refractivity contribution in [1.29, 1.82) is 0 Å². The van der Waals surface area contributed by atoms with Gasteiger partial charge in [-0.15, -0.1) is 0 Å². The number of fused-ring (bicyclic) bond motifs is 1. The van der Waals surface area contributed by atoms with Crippen LogP contribution in [0.25, 0.3) is 0 Å². The maximum Gasteiger partial charge on any atom is 0.163 e. The maximum absolute atomic E-state index is 13.5. The molecule has 2 aliphatic rings. The molecule has 0 fully saturated rings. The number of allylic oxidation sites excluding steroid dienone is 1. The molecule has 5 rings (SSSR count). The zero-order valence-corrected chi connectivity index (χ0v) is 16.8. The van der Waals surface area contributed by atoms with Crippen molar-refractivity contribution in [3.63, 3.8) is 0 Å². The Balaban J connectivity index is 1.62. The van der Waals surface area contributed by atoms with Gasteiger partial charge in [-0.25, -0.2) is 4.39 Å². The van der Waals surface area contributed by atoms with Crippen molar-refractivity contribution in [2.45, 2.75) is 31.7 Å². The molecule has 0 bridgehead atoms. The van der Waals surface area contributed by atoms with E-state index in [4.69, 9.17) is 0 Å². The van der Waals surface area contributed by atoms with Gasteiger partial charge in [-0.05, 0) is 60.2 Å². The van der Waals surface area contributed by atoms with Crippen molar-refractivity contribution in [1.82, 2.24) is 0 Å². The fourth-order valence-electron chi connectivity index (χ4n) is 4.61. The normalized spacial score (nSPS) is 20.5. The molecule has 2 atom stereocenters. The van der Waals surface area contributed by atoms with Crippen molar-refractivity contribution in [2.75, 3.05) is 10.6 Å². The van der Waals surface area contributed by atoms with Gasteiger partial charge in [0, 0.05) is 17.7 Å². The first kappa shape index (κ1) is 18.6. The Labute approximate surface area is 175 Å². The first-order chi connectivity index (χ1) is 14.6. The van der Waals surface area contributed by atoms with Crippen LogP contribution in [0.15, 0.2) is 84.1 Å². The topological polar surface area (TPSA) is 41.1 Å². The van der Waals surface area contributed by atoms with E-state index in [1.54, 1.807) is 12.1 Å². The summed E-state index contributed by atoms with van der Waals surface area (Å²) in [7, 11) is 0. The van der Waals surface area contributed by atoms with Gasteiger partial charge >= 0.3 is 0 Å². The van der Waals surface area contributed by atoms with Gasteiger partial charge in [0.15, 0.2) is 5.78 Å². The number of hydrogen-bond acceptors (Lipinski definition) is 3. The molecule has 30 heavy (non-hydrogen) atoms. The summed E-state index contributed by atoms with van der Waals surface area (Å²) in [5.41, 5.74) is 6.95. The highest BCUT2D eigenvalue weighted by molar-refractivity contribution is 6.01. The Hall–Kier alpha value is -3.40. The average molecular weight is 398 g/mol. The van der Waals surface area contributed by atoms with Gasteiger partial charge in [-0.1, -0.05) is 48.5 Å². The van der Waals surface area contributed by atoms with Crippen LogP contribution in [-0.4, -0.2) is 5.78 Å². The lowest BCUT2D eigenvalue weighted by Crippen LogP contribution is -2.27. The van der Waals surface area contributed by atoms with Crippen molar-refractivity contribution in [3.05, 3.63) is 107 Å². The first-order valence-corrected chi connectivity index (χ1v) is 10.3. The highest BCUT2D eigenvalue weighted by atomic mass is 19.1. The number of benzene rings is 3. The number of halogens is 1. The molecular formula is C26H23FN2O. The third-order valence-electron chi connectivity index (χ3n) is 6.15. The van der Waals surface area contributed by atoms with Gasteiger partial charge in [-0.3, -0.25) is 4.79 Å². The minimum Gasteiger partial charge on any atom is -0.372 e. The van der Waals surface area contributed by atoms with Crippen LogP contribution in [-0.2, 0) is 4.79 Å². The third kappa shape index (κ3) is 3.28. The molecule has 0 spiro atoms. The number of anilines is 2. The van der Waals surface area contributed by atoms with Crippen molar-refractivity contribution >= 4 is 17.2 Å². The number of ketones is 1. The largest absolute Gasteiger partial charge is 0.372 e. The van der Waals surface area contributed by atoms with Crippen LogP contribution in [0.4, 0.5) is 15.8 Å². The fourth-order valence-corrected chi connectivity index (χ4v) is 4.61. The smallest absolute Gasteiger partial charge is 0.163 e. The Kier molecular flexibility index (Phi) is 4.62. The van der Waals surface area contributed by atoms with E-state index in [9.17, 15) is 9.18 Å². The summed E-state index contributed by atoms with van der Waals surface area (Å²) in [4.78, 5) is 13.5. The lowest BCUT2D eigenvalue weighted by molar-refractivity contribution is -0.116. The predicted octanol–water partition coefficient (Wildman–Crippen LogP) is 6.11. The molecule has 0 amide bonds. The lowest BCUT2D eigenvalue weighted by atomic mass is 9.78. The summed E-state index contributed by atoms with van der Waals surface area (Å²) in [5.74, 6) is -0.0927. The SMILES string of the molecule is Cc1ccccc1C1Nc2ccccc2NC2=C1C(=O)CC(c1ccc(F)cc1)C2. The molecule has 0 aromatic heterocycles. The van der Waals surface area contributed by atoms with Gasteiger partial charge in [-0.2, -0.15) is 0 Å². The Morgan fingerprint density at radius 1 is 0.867 bits per heavy atom. The van der Waals surface area contributed by atoms with E-state index in [1.165, 1.54) is 12.1 Å². The summed E-state index contributed by atoms with van der Waals surface area (Å²) < 4.78 is 13.4. The molecule has 2 N–H and O–H groups in total. The standard InChI is InChI=1S/C26H23FN2O/c1-16-6-2-3-7-20(16)26-25-23(28-21-8-4-5-9-22(21)29-26)14-18(15-24(25)30)17-10-12-19(27)13-11-17/h2-13,18,26,28-29H,14-15H2,1H3. The Morgan fingerprint density at radius 3 is 2.33 bits per heavy atom. The van der Waals surface area contributed by atoms with Crippen LogP contribution in [0.1, 0.15) is 41.5 Å². The molecule has 4 heteroatoms. The summed E-state index contributed by atoms with van der Waals surface area (Å²) in [6, 6.07) is 22.6. The molecule has 1 aliphatic carbocycles. The summed E-state index contributed by atoms with van der Waals surface area (Å²) in [5, 5.41) is 7.16. The van der Waals surface area contributed by atoms with E-state index in [0.29, 0.717) is 12.8 Å². The molecule has 0 radical (unpaired) electrons. The number of carbonyl (C=O) groups excluding carboxylic acids is 1. The number of nitrogens with one attached hydrogen (secondary N) is 2. The van der Waals surface area contributed by atoms with E-state index < -0.39 is 0 Å². The molecule has 3 aromatic carbocycles. The van der Waals surface area contributed by atoms with Crippen LogP contribution in [0.3, 0.4) is 0 Å². The van der Waals surface area contributed by atoms with Crippen molar-refractivity contribution in [3.8, 4) is 0 Å². The minimum atomic E-state index is -0.258. The fraction of sp³-hybridized carbons (Fsp3) is 0.192. The van der Waals surface area contributed by atoms with E-state index in [1.807, 2.05) is 36.4 Å². The molecule has 150 valence electrons. The zero-order chi connectivity index (χ0) is 20.7.